The minimum absolute atomic E-state index is 0.796. The summed E-state index contributed by atoms with van der Waals surface area (Å²) in [5.41, 5.74) is 4.13. The summed E-state index contributed by atoms with van der Waals surface area (Å²) in [6, 6.07) is 6.64. The van der Waals surface area contributed by atoms with Crippen molar-refractivity contribution in [1.29, 1.82) is 0 Å². The van der Waals surface area contributed by atoms with Gasteiger partial charge < -0.3 is 4.42 Å². The van der Waals surface area contributed by atoms with Crippen molar-refractivity contribution >= 4 is 11.0 Å². The highest BCUT2D eigenvalue weighted by atomic mass is 16.3. The molecule has 3 rings (SSSR count). The third-order valence-electron chi connectivity index (χ3n) is 3.55. The van der Waals surface area contributed by atoms with Crippen LogP contribution in [0.5, 0.6) is 0 Å². The van der Waals surface area contributed by atoms with E-state index in [1.54, 1.807) is 11.8 Å². The normalized spacial score (nSPS) is 19.7. The maximum Gasteiger partial charge on any atom is 0.134 e. The first kappa shape index (κ1) is 9.02. The average Bonchev–Trinajstić information content (AvgIpc) is 2.82. The maximum atomic E-state index is 5.44. The Morgan fingerprint density at radius 3 is 3.20 bits per heavy atom. The Morgan fingerprint density at radius 2 is 2.33 bits per heavy atom. The van der Waals surface area contributed by atoms with Gasteiger partial charge in [0, 0.05) is 5.39 Å². The fourth-order valence-corrected chi connectivity index (χ4v) is 2.80. The summed E-state index contributed by atoms with van der Waals surface area (Å²) in [5, 5.41) is 1.26. The Hall–Kier alpha value is -1.24. The van der Waals surface area contributed by atoms with Crippen LogP contribution in [0.2, 0.25) is 0 Å². The van der Waals surface area contributed by atoms with E-state index in [9.17, 15) is 0 Å². The van der Waals surface area contributed by atoms with Crippen LogP contribution in [0.1, 0.15) is 43.2 Å². The maximum absolute atomic E-state index is 5.44. The second-order valence-electron chi connectivity index (χ2n) is 4.53. The first-order valence-corrected chi connectivity index (χ1v) is 5.88. The number of hydrogen-bond acceptors (Lipinski definition) is 1. The van der Waals surface area contributed by atoms with Gasteiger partial charge in [-0.2, -0.15) is 0 Å². The van der Waals surface area contributed by atoms with Gasteiger partial charge in [0.2, 0.25) is 0 Å². The average molecular weight is 200 g/mol. The Morgan fingerprint density at radius 1 is 1.40 bits per heavy atom. The predicted molar refractivity (Wildman–Crippen MR) is 62.2 cm³/mol. The smallest absolute Gasteiger partial charge is 0.134 e. The zero-order valence-electron chi connectivity index (χ0n) is 9.12. The molecule has 1 unspecified atom stereocenters. The summed E-state index contributed by atoms with van der Waals surface area (Å²) >= 11 is 0. The van der Waals surface area contributed by atoms with Crippen LogP contribution in [0.15, 0.2) is 28.9 Å². The van der Waals surface area contributed by atoms with Gasteiger partial charge in [-0.25, -0.2) is 0 Å². The van der Waals surface area contributed by atoms with E-state index >= 15 is 0 Å². The first-order valence-electron chi connectivity index (χ1n) is 5.88. The van der Waals surface area contributed by atoms with Gasteiger partial charge >= 0.3 is 0 Å². The van der Waals surface area contributed by atoms with Gasteiger partial charge in [-0.15, -0.1) is 0 Å². The van der Waals surface area contributed by atoms with E-state index in [0.29, 0.717) is 0 Å². The summed E-state index contributed by atoms with van der Waals surface area (Å²) in [4.78, 5) is 0. The highest BCUT2D eigenvalue weighted by Gasteiger charge is 2.22. The standard InChI is InChI=1S/C14H16O/c1-2-3-10-4-5-11-9-14-12(6-7-15-14)8-13(10)11/h6-10H,2-5H2,1H3. The molecule has 0 spiro atoms. The molecule has 1 heterocycles. The summed E-state index contributed by atoms with van der Waals surface area (Å²) < 4.78 is 5.44. The number of furan rings is 1. The molecule has 1 aliphatic carbocycles. The van der Waals surface area contributed by atoms with Crippen LogP contribution in [-0.4, -0.2) is 0 Å². The molecule has 0 bridgehead atoms. The summed E-state index contributed by atoms with van der Waals surface area (Å²) in [6.45, 7) is 2.27. The molecule has 1 aromatic carbocycles. The van der Waals surface area contributed by atoms with Crippen molar-refractivity contribution in [2.75, 3.05) is 0 Å². The molecule has 15 heavy (non-hydrogen) atoms. The van der Waals surface area contributed by atoms with Crippen LogP contribution in [0.3, 0.4) is 0 Å². The molecule has 0 aliphatic heterocycles. The molecule has 0 saturated carbocycles. The molecule has 1 atom stereocenters. The minimum atomic E-state index is 0.796. The molecule has 0 amide bonds. The van der Waals surface area contributed by atoms with E-state index in [0.717, 1.165) is 11.5 Å². The SMILES string of the molecule is CCCC1CCc2cc3occc3cc21. The van der Waals surface area contributed by atoms with Crippen LogP contribution < -0.4 is 0 Å². The van der Waals surface area contributed by atoms with Crippen molar-refractivity contribution in [3.05, 3.63) is 35.6 Å². The zero-order chi connectivity index (χ0) is 10.3. The number of aryl methyl sites for hydroxylation is 1. The number of rotatable bonds is 2. The van der Waals surface area contributed by atoms with Gasteiger partial charge in [0.05, 0.1) is 6.26 Å². The van der Waals surface area contributed by atoms with Crippen LogP contribution in [0.25, 0.3) is 11.0 Å². The van der Waals surface area contributed by atoms with Gasteiger partial charge in [0.1, 0.15) is 5.58 Å². The van der Waals surface area contributed by atoms with E-state index < -0.39 is 0 Å². The van der Waals surface area contributed by atoms with Gasteiger partial charge in [-0.1, -0.05) is 13.3 Å². The van der Waals surface area contributed by atoms with Crippen LogP contribution in [0.4, 0.5) is 0 Å². The lowest BCUT2D eigenvalue weighted by Crippen LogP contribution is -1.91. The molecule has 0 N–H and O–H groups in total. The molecular formula is C14H16O. The molecule has 0 saturated heterocycles. The first-order chi connectivity index (χ1) is 7.38. The van der Waals surface area contributed by atoms with E-state index in [4.69, 9.17) is 4.42 Å². The largest absolute Gasteiger partial charge is 0.464 e. The zero-order valence-corrected chi connectivity index (χ0v) is 9.12. The van der Waals surface area contributed by atoms with Crippen molar-refractivity contribution in [1.82, 2.24) is 0 Å². The lowest BCUT2D eigenvalue weighted by molar-refractivity contribution is 0.608. The number of benzene rings is 1. The fraction of sp³-hybridized carbons (Fsp3) is 0.429. The van der Waals surface area contributed by atoms with E-state index in [1.807, 2.05) is 0 Å². The van der Waals surface area contributed by atoms with Crippen LogP contribution in [0, 0.1) is 0 Å². The summed E-state index contributed by atoms with van der Waals surface area (Å²) in [7, 11) is 0. The van der Waals surface area contributed by atoms with Gasteiger partial charge in [0.15, 0.2) is 0 Å². The highest BCUT2D eigenvalue weighted by Crippen LogP contribution is 2.38. The molecule has 0 radical (unpaired) electrons. The third-order valence-corrected chi connectivity index (χ3v) is 3.55. The van der Waals surface area contributed by atoms with E-state index in [1.165, 1.54) is 36.6 Å². The Kier molecular flexibility index (Phi) is 2.05. The summed E-state index contributed by atoms with van der Waals surface area (Å²) in [5.74, 6) is 0.796. The quantitative estimate of drug-likeness (QED) is 0.705. The van der Waals surface area contributed by atoms with Crippen molar-refractivity contribution in [2.45, 2.75) is 38.5 Å². The molecule has 1 aromatic heterocycles. The molecule has 78 valence electrons. The Balaban J connectivity index is 2.10. The molecule has 2 aromatic rings. The molecule has 1 aliphatic rings. The van der Waals surface area contributed by atoms with Crippen molar-refractivity contribution < 1.29 is 4.42 Å². The predicted octanol–water partition coefficient (Wildman–Crippen LogP) is 4.26. The second-order valence-corrected chi connectivity index (χ2v) is 4.53. The van der Waals surface area contributed by atoms with E-state index in [2.05, 4.69) is 25.1 Å². The van der Waals surface area contributed by atoms with E-state index in [-0.39, 0.29) is 0 Å². The van der Waals surface area contributed by atoms with Crippen molar-refractivity contribution in [3.8, 4) is 0 Å². The minimum Gasteiger partial charge on any atom is -0.464 e. The Labute approximate surface area is 90.1 Å². The second kappa shape index (κ2) is 3.41. The molecule has 1 heteroatoms. The van der Waals surface area contributed by atoms with Crippen molar-refractivity contribution in [2.24, 2.45) is 0 Å². The van der Waals surface area contributed by atoms with Crippen molar-refractivity contribution in [3.63, 3.8) is 0 Å². The summed E-state index contributed by atoms with van der Waals surface area (Å²) in [6.07, 6.45) is 6.96. The lowest BCUT2D eigenvalue weighted by atomic mass is 9.96. The Bertz CT molecular complexity index is 481. The molecule has 0 fully saturated rings. The lowest BCUT2D eigenvalue weighted by Gasteiger charge is -2.09. The van der Waals surface area contributed by atoms with Crippen LogP contribution in [-0.2, 0) is 6.42 Å². The number of hydrogen-bond donors (Lipinski definition) is 0. The van der Waals surface area contributed by atoms with Gasteiger partial charge in [-0.3, -0.25) is 0 Å². The van der Waals surface area contributed by atoms with Crippen LogP contribution >= 0.6 is 0 Å². The monoisotopic (exact) mass is 200 g/mol. The van der Waals surface area contributed by atoms with Gasteiger partial charge in [-0.05, 0) is 54.5 Å². The molecular weight excluding hydrogens is 184 g/mol. The van der Waals surface area contributed by atoms with Gasteiger partial charge in [0.25, 0.3) is 0 Å². The molecule has 1 nitrogen and oxygen atoms in total. The highest BCUT2D eigenvalue weighted by molar-refractivity contribution is 5.79. The topological polar surface area (TPSA) is 13.1 Å². The fourth-order valence-electron chi connectivity index (χ4n) is 2.80. The number of fused-ring (bicyclic) bond motifs is 2. The third kappa shape index (κ3) is 1.38.